The summed E-state index contributed by atoms with van der Waals surface area (Å²) in [5.41, 5.74) is 0.189. The van der Waals surface area contributed by atoms with Gasteiger partial charge in [-0.1, -0.05) is 18.2 Å². The number of thiazole rings is 1. The number of hydrogen-bond donors (Lipinski definition) is 1. The van der Waals surface area contributed by atoms with Crippen LogP contribution < -0.4 is 10.1 Å². The van der Waals surface area contributed by atoms with Crippen LogP contribution >= 0.6 is 11.3 Å². The molecule has 2 aromatic carbocycles. The lowest BCUT2D eigenvalue weighted by molar-refractivity contribution is -0.145. The van der Waals surface area contributed by atoms with Gasteiger partial charge in [-0.25, -0.2) is 24.1 Å². The van der Waals surface area contributed by atoms with E-state index in [2.05, 4.69) is 20.3 Å². The molecule has 0 aliphatic heterocycles. The first-order valence-electron chi connectivity index (χ1n) is 12.3. The number of esters is 1. The van der Waals surface area contributed by atoms with Crippen molar-refractivity contribution in [1.82, 2.24) is 20.3 Å². The van der Waals surface area contributed by atoms with Crippen LogP contribution in [0.25, 0.3) is 10.6 Å². The molecular formula is C28H24F4N4O4S. The SMILES string of the molecule is Cc1cnc(-c2cc(OC(C)[C@@H](C)OC(=O)c3ccccc3)cc(C(=O)NCc3cnc(C(F)(F)F)nc3)c2F)s1. The van der Waals surface area contributed by atoms with Crippen LogP contribution in [0.3, 0.4) is 0 Å². The first-order valence-corrected chi connectivity index (χ1v) is 13.1. The molecule has 41 heavy (non-hydrogen) atoms. The van der Waals surface area contributed by atoms with Gasteiger partial charge in [0.05, 0.1) is 16.7 Å². The summed E-state index contributed by atoms with van der Waals surface area (Å²) < 4.78 is 65.2. The molecule has 2 atom stereocenters. The number of ether oxygens (including phenoxy) is 2. The highest BCUT2D eigenvalue weighted by molar-refractivity contribution is 7.14. The topological polar surface area (TPSA) is 103 Å². The van der Waals surface area contributed by atoms with Crippen molar-refractivity contribution in [2.75, 3.05) is 0 Å². The minimum Gasteiger partial charge on any atom is -0.487 e. The van der Waals surface area contributed by atoms with Crippen LogP contribution in [0.1, 0.15) is 50.8 Å². The number of aryl methyl sites for hydroxylation is 1. The molecule has 13 heteroatoms. The molecule has 8 nitrogen and oxygen atoms in total. The zero-order valence-corrected chi connectivity index (χ0v) is 22.8. The normalized spacial score (nSPS) is 12.9. The average molecular weight is 589 g/mol. The first kappa shape index (κ1) is 29.6. The van der Waals surface area contributed by atoms with Gasteiger partial charge in [0.2, 0.25) is 5.82 Å². The molecule has 214 valence electrons. The lowest BCUT2D eigenvalue weighted by Crippen LogP contribution is -2.31. The Kier molecular flexibility index (Phi) is 8.96. The molecular weight excluding hydrogens is 564 g/mol. The summed E-state index contributed by atoms with van der Waals surface area (Å²) in [6.45, 7) is 4.84. The molecule has 0 aliphatic rings. The summed E-state index contributed by atoms with van der Waals surface area (Å²) in [5, 5.41) is 2.78. The van der Waals surface area contributed by atoms with Crippen LogP contribution in [-0.4, -0.2) is 39.0 Å². The minimum absolute atomic E-state index is 0.0183. The van der Waals surface area contributed by atoms with Gasteiger partial charge in [-0.3, -0.25) is 4.79 Å². The van der Waals surface area contributed by atoms with E-state index in [4.69, 9.17) is 9.47 Å². The number of nitrogens with one attached hydrogen (secondary N) is 1. The number of amides is 1. The Labute approximate surface area is 236 Å². The van der Waals surface area contributed by atoms with Crippen LogP contribution in [-0.2, 0) is 17.5 Å². The van der Waals surface area contributed by atoms with Crippen molar-refractivity contribution in [3.8, 4) is 16.3 Å². The number of alkyl halides is 3. The lowest BCUT2D eigenvalue weighted by Gasteiger charge is -2.22. The van der Waals surface area contributed by atoms with E-state index in [1.807, 2.05) is 0 Å². The molecule has 0 radical (unpaired) electrons. The Bertz CT molecular complexity index is 1530. The number of benzene rings is 2. The van der Waals surface area contributed by atoms with Gasteiger partial charge < -0.3 is 14.8 Å². The van der Waals surface area contributed by atoms with Crippen LogP contribution in [0.4, 0.5) is 17.6 Å². The fourth-order valence-corrected chi connectivity index (χ4v) is 4.33. The molecule has 2 aromatic heterocycles. The van der Waals surface area contributed by atoms with Crippen LogP contribution in [0.5, 0.6) is 5.75 Å². The third kappa shape index (κ3) is 7.42. The van der Waals surface area contributed by atoms with Crippen molar-refractivity contribution in [2.24, 2.45) is 0 Å². The van der Waals surface area contributed by atoms with E-state index in [0.29, 0.717) is 10.6 Å². The smallest absolute Gasteiger partial charge is 0.451 e. The van der Waals surface area contributed by atoms with E-state index >= 15 is 4.39 Å². The number of nitrogens with zero attached hydrogens (tertiary/aromatic N) is 3. The molecule has 4 rings (SSSR count). The summed E-state index contributed by atoms with van der Waals surface area (Å²) in [7, 11) is 0. The van der Waals surface area contributed by atoms with Gasteiger partial charge in [-0.05, 0) is 45.0 Å². The molecule has 1 unspecified atom stereocenters. The van der Waals surface area contributed by atoms with Gasteiger partial charge in [0.15, 0.2) is 0 Å². The van der Waals surface area contributed by atoms with Crippen LogP contribution in [0.2, 0.25) is 0 Å². The second kappa shape index (κ2) is 12.4. The van der Waals surface area contributed by atoms with E-state index in [1.165, 1.54) is 23.5 Å². The van der Waals surface area contributed by atoms with Crippen molar-refractivity contribution >= 4 is 23.2 Å². The highest BCUT2D eigenvalue weighted by Crippen LogP contribution is 2.33. The second-order valence-corrected chi connectivity index (χ2v) is 10.2. The predicted molar refractivity (Wildman–Crippen MR) is 142 cm³/mol. The van der Waals surface area contributed by atoms with Crippen molar-refractivity contribution in [3.05, 3.63) is 94.3 Å². The fraction of sp³-hybridized carbons (Fsp3) is 0.250. The van der Waals surface area contributed by atoms with Crippen LogP contribution in [0, 0.1) is 12.7 Å². The highest BCUT2D eigenvalue weighted by atomic mass is 32.1. The molecule has 0 spiro atoms. The Balaban J connectivity index is 1.54. The number of carbonyl (C=O) groups excluding carboxylic acids is 2. The van der Waals surface area contributed by atoms with Gasteiger partial charge in [0.25, 0.3) is 5.91 Å². The number of aromatic nitrogens is 3. The maximum atomic E-state index is 15.6. The second-order valence-electron chi connectivity index (χ2n) is 9.00. The van der Waals surface area contributed by atoms with E-state index in [0.717, 1.165) is 17.3 Å². The van der Waals surface area contributed by atoms with Gasteiger partial charge in [-0.15, -0.1) is 11.3 Å². The molecule has 0 fully saturated rings. The molecule has 4 aromatic rings. The monoisotopic (exact) mass is 588 g/mol. The Hall–Kier alpha value is -4.39. The number of hydrogen-bond acceptors (Lipinski definition) is 8. The first-order chi connectivity index (χ1) is 19.4. The summed E-state index contributed by atoms with van der Waals surface area (Å²) in [5.74, 6) is -3.45. The summed E-state index contributed by atoms with van der Waals surface area (Å²) >= 11 is 1.21. The standard InChI is InChI=1S/C28H24F4N4O4S/c1-15-11-34-25(41-15)22-10-20(39-16(2)17(3)40-26(38)19-7-5-4-6-8-19)9-21(23(22)29)24(37)33-12-18-13-35-27(36-14-18)28(30,31)32/h4-11,13-14,16-17H,12H2,1-3H3,(H,33,37)/t16?,17-/m1/s1. The molecule has 1 amide bonds. The molecule has 0 saturated heterocycles. The molecule has 0 saturated carbocycles. The predicted octanol–water partition coefficient (Wildman–Crippen LogP) is 6.01. The van der Waals surface area contributed by atoms with E-state index < -0.39 is 41.9 Å². The quantitative estimate of drug-likeness (QED) is 0.189. The third-order valence-corrected chi connectivity index (χ3v) is 6.79. The van der Waals surface area contributed by atoms with E-state index in [1.54, 1.807) is 57.3 Å². The fourth-order valence-electron chi connectivity index (χ4n) is 3.55. The Morgan fingerprint density at radius 2 is 1.68 bits per heavy atom. The van der Waals surface area contributed by atoms with Gasteiger partial charge in [0, 0.05) is 35.6 Å². The maximum Gasteiger partial charge on any atom is 0.451 e. The van der Waals surface area contributed by atoms with Crippen molar-refractivity contribution in [3.63, 3.8) is 0 Å². The highest BCUT2D eigenvalue weighted by Gasteiger charge is 2.34. The van der Waals surface area contributed by atoms with Crippen molar-refractivity contribution in [2.45, 2.75) is 45.7 Å². The van der Waals surface area contributed by atoms with Crippen molar-refractivity contribution < 1.29 is 36.6 Å². The van der Waals surface area contributed by atoms with Gasteiger partial charge in [-0.2, -0.15) is 13.2 Å². The zero-order valence-electron chi connectivity index (χ0n) is 22.0. The maximum absolute atomic E-state index is 15.6. The molecule has 1 N–H and O–H groups in total. The minimum atomic E-state index is -4.70. The van der Waals surface area contributed by atoms with Gasteiger partial charge in [0.1, 0.15) is 28.8 Å². The third-order valence-electron chi connectivity index (χ3n) is 5.84. The Morgan fingerprint density at radius 1 is 1.00 bits per heavy atom. The number of halogens is 4. The van der Waals surface area contributed by atoms with Crippen molar-refractivity contribution in [1.29, 1.82) is 0 Å². The number of rotatable bonds is 9. The van der Waals surface area contributed by atoms with E-state index in [-0.39, 0.29) is 29.0 Å². The van der Waals surface area contributed by atoms with E-state index in [9.17, 15) is 22.8 Å². The molecule has 2 heterocycles. The summed E-state index contributed by atoms with van der Waals surface area (Å²) in [4.78, 5) is 37.0. The molecule has 0 aliphatic carbocycles. The zero-order chi connectivity index (χ0) is 29.7. The Morgan fingerprint density at radius 3 is 2.29 bits per heavy atom. The lowest BCUT2D eigenvalue weighted by atomic mass is 10.1. The number of carbonyl (C=O) groups is 2. The largest absolute Gasteiger partial charge is 0.487 e. The van der Waals surface area contributed by atoms with Gasteiger partial charge >= 0.3 is 12.1 Å². The van der Waals surface area contributed by atoms with Crippen LogP contribution in [0.15, 0.2) is 61.1 Å². The summed E-state index contributed by atoms with van der Waals surface area (Å²) in [6, 6.07) is 11.0. The summed E-state index contributed by atoms with van der Waals surface area (Å²) in [6.07, 6.45) is -2.70. The average Bonchev–Trinajstić information content (AvgIpc) is 3.38. The molecule has 0 bridgehead atoms.